The Morgan fingerprint density at radius 1 is 1.13 bits per heavy atom. The number of Topliss-reactive ketones (excluding diaryl/α,β-unsaturated/α-hetero) is 1. The van der Waals surface area contributed by atoms with Crippen LogP contribution in [0.2, 0.25) is 5.02 Å². The molecule has 2 aromatic carbocycles. The molecule has 30 heavy (non-hydrogen) atoms. The Labute approximate surface area is 188 Å². The number of nitrogens with zero attached hydrogens (tertiary/aromatic N) is 1. The molecular weight excluding hydrogens is 470 g/mol. The van der Waals surface area contributed by atoms with Crippen LogP contribution in [0.15, 0.2) is 46.4 Å². The van der Waals surface area contributed by atoms with Crippen molar-refractivity contribution in [1.29, 1.82) is 0 Å². The Bertz CT molecular complexity index is 1070. The van der Waals surface area contributed by atoms with Crippen molar-refractivity contribution >= 4 is 45.0 Å². The highest BCUT2D eigenvalue weighted by molar-refractivity contribution is 9.10. The van der Waals surface area contributed by atoms with E-state index in [1.54, 1.807) is 35.2 Å². The molecule has 5 nitrogen and oxygen atoms in total. The molecule has 2 aliphatic rings. The fraction of sp³-hybridized carbons (Fsp3) is 0.304. The standard InChI is InChI=1S/C23H21BrClNO4/c1-12-10-14(6-8-16(12)24)21(28)19-20(13-7-9-18(27)17(25)11-13)26(23(30)22(19)29)15-4-2-3-5-15/h6-11,15,20,27-28H,2-5H2,1H3/b21-19-. The van der Waals surface area contributed by atoms with Crippen LogP contribution in [0.4, 0.5) is 0 Å². The van der Waals surface area contributed by atoms with Gasteiger partial charge in [0, 0.05) is 16.1 Å². The molecule has 0 spiro atoms. The van der Waals surface area contributed by atoms with Crippen LogP contribution in [0.25, 0.3) is 5.76 Å². The molecule has 1 aliphatic carbocycles. The highest BCUT2D eigenvalue weighted by atomic mass is 79.9. The minimum atomic E-state index is -0.754. The maximum Gasteiger partial charge on any atom is 0.295 e. The average molecular weight is 491 g/mol. The van der Waals surface area contributed by atoms with E-state index in [4.69, 9.17) is 11.6 Å². The first-order valence-electron chi connectivity index (χ1n) is 9.84. The van der Waals surface area contributed by atoms with Crippen molar-refractivity contribution in [3.05, 3.63) is 68.2 Å². The molecule has 1 atom stereocenters. The van der Waals surface area contributed by atoms with E-state index < -0.39 is 17.7 Å². The number of halogens is 2. The average Bonchev–Trinajstić information content (AvgIpc) is 3.33. The predicted molar refractivity (Wildman–Crippen MR) is 118 cm³/mol. The van der Waals surface area contributed by atoms with Gasteiger partial charge in [-0.05, 0) is 55.2 Å². The van der Waals surface area contributed by atoms with Crippen LogP contribution in [-0.4, -0.2) is 32.8 Å². The second-order valence-electron chi connectivity index (χ2n) is 7.82. The van der Waals surface area contributed by atoms with Crippen LogP contribution in [0.3, 0.4) is 0 Å². The molecule has 0 radical (unpaired) electrons. The third-order valence-electron chi connectivity index (χ3n) is 5.92. The smallest absolute Gasteiger partial charge is 0.295 e. The lowest BCUT2D eigenvalue weighted by Crippen LogP contribution is -2.37. The van der Waals surface area contributed by atoms with Gasteiger partial charge in [0.1, 0.15) is 11.5 Å². The number of hydrogen-bond donors (Lipinski definition) is 2. The van der Waals surface area contributed by atoms with E-state index in [2.05, 4.69) is 15.9 Å². The number of carbonyl (C=O) groups is 2. The molecule has 2 aromatic rings. The second kappa shape index (κ2) is 8.08. The summed E-state index contributed by atoms with van der Waals surface area (Å²) < 4.78 is 0.882. The Hall–Kier alpha value is -2.31. The van der Waals surface area contributed by atoms with Gasteiger partial charge < -0.3 is 15.1 Å². The number of hydrogen-bond acceptors (Lipinski definition) is 4. The van der Waals surface area contributed by atoms with Crippen molar-refractivity contribution < 1.29 is 19.8 Å². The number of phenols is 1. The third kappa shape index (κ3) is 3.52. The maximum absolute atomic E-state index is 13.1. The van der Waals surface area contributed by atoms with Crippen LogP contribution in [0.5, 0.6) is 5.75 Å². The fourth-order valence-electron chi connectivity index (χ4n) is 4.38. The molecule has 1 aliphatic heterocycles. The predicted octanol–water partition coefficient (Wildman–Crippen LogP) is 5.48. The van der Waals surface area contributed by atoms with Crippen molar-refractivity contribution in [1.82, 2.24) is 4.90 Å². The zero-order valence-electron chi connectivity index (χ0n) is 16.4. The Morgan fingerprint density at radius 2 is 1.83 bits per heavy atom. The number of ketones is 1. The van der Waals surface area contributed by atoms with Crippen molar-refractivity contribution in [2.45, 2.75) is 44.7 Å². The number of aromatic hydroxyl groups is 1. The molecule has 156 valence electrons. The largest absolute Gasteiger partial charge is 0.507 e. The van der Waals surface area contributed by atoms with Crippen molar-refractivity contribution in [2.75, 3.05) is 0 Å². The van der Waals surface area contributed by atoms with Crippen LogP contribution >= 0.6 is 27.5 Å². The van der Waals surface area contributed by atoms with E-state index >= 15 is 0 Å². The lowest BCUT2D eigenvalue weighted by molar-refractivity contribution is -0.141. The Kier molecular flexibility index (Phi) is 5.64. The molecule has 1 amide bonds. The summed E-state index contributed by atoms with van der Waals surface area (Å²) in [5.41, 5.74) is 2.00. The maximum atomic E-state index is 13.1. The zero-order valence-corrected chi connectivity index (χ0v) is 18.7. The second-order valence-corrected chi connectivity index (χ2v) is 9.08. The number of carbonyl (C=O) groups excluding carboxylic acids is 2. The van der Waals surface area contributed by atoms with Gasteiger partial charge in [0.05, 0.1) is 16.6 Å². The molecule has 0 aromatic heterocycles. The lowest BCUT2D eigenvalue weighted by atomic mass is 9.94. The number of aliphatic hydroxyl groups excluding tert-OH is 1. The van der Waals surface area contributed by atoms with Crippen LogP contribution in [0.1, 0.15) is 48.4 Å². The summed E-state index contributed by atoms with van der Waals surface area (Å²) in [6, 6.07) is 9.07. The summed E-state index contributed by atoms with van der Waals surface area (Å²) in [6.45, 7) is 1.88. The third-order valence-corrected chi connectivity index (χ3v) is 7.11. The van der Waals surface area contributed by atoms with Gasteiger partial charge in [0.2, 0.25) is 0 Å². The van der Waals surface area contributed by atoms with E-state index in [-0.39, 0.29) is 28.1 Å². The molecule has 2 fully saturated rings. The summed E-state index contributed by atoms with van der Waals surface area (Å²) in [4.78, 5) is 27.7. The lowest BCUT2D eigenvalue weighted by Gasteiger charge is -2.31. The molecular formula is C23H21BrClNO4. The zero-order chi connectivity index (χ0) is 21.6. The summed E-state index contributed by atoms with van der Waals surface area (Å²) in [5, 5.41) is 21.1. The van der Waals surface area contributed by atoms with E-state index in [1.165, 1.54) is 6.07 Å². The van der Waals surface area contributed by atoms with Crippen LogP contribution in [0, 0.1) is 6.92 Å². The molecule has 1 heterocycles. The SMILES string of the molecule is Cc1cc(/C(O)=C2/C(=O)C(=O)N(C3CCCC3)C2c2ccc(O)c(Cl)c2)ccc1Br. The van der Waals surface area contributed by atoms with E-state index in [0.717, 1.165) is 35.7 Å². The van der Waals surface area contributed by atoms with Gasteiger partial charge in [-0.2, -0.15) is 0 Å². The summed E-state index contributed by atoms with van der Waals surface area (Å²) >= 11 is 9.57. The van der Waals surface area contributed by atoms with Crippen molar-refractivity contribution in [2.24, 2.45) is 0 Å². The fourth-order valence-corrected chi connectivity index (χ4v) is 4.81. The van der Waals surface area contributed by atoms with Crippen LogP contribution in [-0.2, 0) is 9.59 Å². The monoisotopic (exact) mass is 489 g/mol. The van der Waals surface area contributed by atoms with E-state index in [0.29, 0.717) is 11.1 Å². The van der Waals surface area contributed by atoms with Gasteiger partial charge in [-0.25, -0.2) is 0 Å². The van der Waals surface area contributed by atoms with E-state index in [9.17, 15) is 19.8 Å². The first-order chi connectivity index (χ1) is 14.3. The van der Waals surface area contributed by atoms with Gasteiger partial charge in [-0.3, -0.25) is 9.59 Å². The molecule has 1 saturated heterocycles. The molecule has 7 heteroatoms. The first-order valence-corrected chi connectivity index (χ1v) is 11.0. The Morgan fingerprint density at radius 3 is 2.47 bits per heavy atom. The highest BCUT2D eigenvalue weighted by Crippen LogP contribution is 2.44. The van der Waals surface area contributed by atoms with Gasteiger partial charge in [-0.15, -0.1) is 0 Å². The normalized spacial score (nSPS) is 21.6. The van der Waals surface area contributed by atoms with Gasteiger partial charge in [0.15, 0.2) is 0 Å². The van der Waals surface area contributed by atoms with Crippen molar-refractivity contribution in [3.8, 4) is 5.75 Å². The number of rotatable bonds is 3. The summed E-state index contributed by atoms with van der Waals surface area (Å²) in [7, 11) is 0. The summed E-state index contributed by atoms with van der Waals surface area (Å²) in [6.07, 6.45) is 3.60. The molecule has 0 bridgehead atoms. The number of amides is 1. The topological polar surface area (TPSA) is 77.8 Å². The number of benzene rings is 2. The van der Waals surface area contributed by atoms with Crippen LogP contribution < -0.4 is 0 Å². The first kappa shape index (κ1) is 20.9. The molecule has 2 N–H and O–H groups in total. The highest BCUT2D eigenvalue weighted by Gasteiger charge is 2.49. The van der Waals surface area contributed by atoms with E-state index in [1.807, 2.05) is 6.92 Å². The number of aryl methyl sites for hydroxylation is 1. The van der Waals surface area contributed by atoms with Crippen molar-refractivity contribution in [3.63, 3.8) is 0 Å². The number of aliphatic hydroxyl groups is 1. The molecule has 4 rings (SSSR count). The van der Waals surface area contributed by atoms with Gasteiger partial charge in [0.25, 0.3) is 11.7 Å². The molecule has 1 unspecified atom stereocenters. The number of phenolic OH excluding ortho intramolecular Hbond substituents is 1. The molecule has 1 saturated carbocycles. The quantitative estimate of drug-likeness (QED) is 0.339. The minimum absolute atomic E-state index is 0.0513. The van der Waals surface area contributed by atoms with Gasteiger partial charge in [-0.1, -0.05) is 52.5 Å². The number of likely N-dealkylation sites (tertiary alicyclic amines) is 1. The van der Waals surface area contributed by atoms with Gasteiger partial charge >= 0.3 is 0 Å². The summed E-state index contributed by atoms with van der Waals surface area (Å²) in [5.74, 6) is -1.60. The minimum Gasteiger partial charge on any atom is -0.507 e. The Balaban J connectivity index is 1.91.